The van der Waals surface area contributed by atoms with Crippen LogP contribution in [0.25, 0.3) is 16.9 Å². The highest BCUT2D eigenvalue weighted by atomic mass is 79.9. The van der Waals surface area contributed by atoms with E-state index in [4.69, 9.17) is 9.84 Å². The monoisotopic (exact) mass is 581 g/mol. The average molecular weight is 583 g/mol. The number of hydrogen-bond donors (Lipinski definition) is 1. The van der Waals surface area contributed by atoms with Crippen molar-refractivity contribution in [1.82, 2.24) is 24.6 Å². The van der Waals surface area contributed by atoms with Gasteiger partial charge in [-0.15, -0.1) is 0 Å². The van der Waals surface area contributed by atoms with Gasteiger partial charge in [-0.1, -0.05) is 20.8 Å². The van der Waals surface area contributed by atoms with Gasteiger partial charge in [0, 0.05) is 49.2 Å². The predicted octanol–water partition coefficient (Wildman–Crippen LogP) is 5.81. The number of carbonyl (C=O) groups is 1. The van der Waals surface area contributed by atoms with Crippen LogP contribution in [-0.4, -0.2) is 74.6 Å². The highest BCUT2D eigenvalue weighted by molar-refractivity contribution is 9.10. The molecule has 0 aliphatic carbocycles. The van der Waals surface area contributed by atoms with Crippen LogP contribution in [0.4, 0.5) is 4.79 Å². The Morgan fingerprint density at radius 2 is 1.79 bits per heavy atom. The van der Waals surface area contributed by atoms with E-state index in [0.29, 0.717) is 25.0 Å². The number of pyridine rings is 1. The largest absolute Gasteiger partial charge is 0.492 e. The maximum absolute atomic E-state index is 11.6. The molecule has 1 aromatic carbocycles. The number of halogens is 1. The van der Waals surface area contributed by atoms with Crippen molar-refractivity contribution in [1.29, 1.82) is 0 Å². The molecular formula is C29H36BrN5O3. The van der Waals surface area contributed by atoms with Gasteiger partial charge < -0.3 is 14.7 Å². The zero-order valence-electron chi connectivity index (χ0n) is 22.3. The molecule has 2 aromatic heterocycles. The molecule has 3 aromatic rings. The van der Waals surface area contributed by atoms with E-state index in [9.17, 15) is 9.90 Å². The normalized spacial score (nSPS) is 20.8. The molecule has 2 atom stereocenters. The molecule has 38 heavy (non-hydrogen) atoms. The summed E-state index contributed by atoms with van der Waals surface area (Å²) in [5.41, 5.74) is 2.82. The molecule has 8 nitrogen and oxygen atoms in total. The second kappa shape index (κ2) is 11.1. The van der Waals surface area contributed by atoms with Crippen LogP contribution in [-0.2, 0) is 0 Å². The van der Waals surface area contributed by atoms with Crippen LogP contribution in [0.2, 0.25) is 0 Å². The first-order valence-electron chi connectivity index (χ1n) is 13.3. The minimum absolute atomic E-state index is 0.0301. The van der Waals surface area contributed by atoms with Crippen LogP contribution in [0.1, 0.15) is 33.6 Å². The van der Waals surface area contributed by atoms with Crippen LogP contribution in [0, 0.1) is 17.3 Å². The van der Waals surface area contributed by atoms with Crippen LogP contribution in [0.3, 0.4) is 0 Å². The molecule has 9 heteroatoms. The van der Waals surface area contributed by atoms with Gasteiger partial charge in [0.05, 0.1) is 10.2 Å². The van der Waals surface area contributed by atoms with Gasteiger partial charge >= 0.3 is 6.09 Å². The van der Waals surface area contributed by atoms with E-state index in [1.165, 1.54) is 0 Å². The predicted molar refractivity (Wildman–Crippen MR) is 151 cm³/mol. The van der Waals surface area contributed by atoms with E-state index in [1.54, 1.807) is 17.3 Å². The first-order chi connectivity index (χ1) is 18.2. The van der Waals surface area contributed by atoms with Crippen molar-refractivity contribution in [3.05, 3.63) is 59.5 Å². The van der Waals surface area contributed by atoms with Crippen molar-refractivity contribution < 1.29 is 14.6 Å². The smallest absolute Gasteiger partial charge is 0.407 e. The second-order valence-corrected chi connectivity index (χ2v) is 12.3. The Bertz CT molecular complexity index is 1230. The molecule has 4 heterocycles. The van der Waals surface area contributed by atoms with Gasteiger partial charge in [0.1, 0.15) is 18.1 Å². The van der Waals surface area contributed by atoms with Crippen LogP contribution in [0.15, 0.2) is 59.5 Å². The number of benzene rings is 1. The molecule has 2 unspecified atom stereocenters. The van der Waals surface area contributed by atoms with Crippen molar-refractivity contribution in [2.24, 2.45) is 17.3 Å². The summed E-state index contributed by atoms with van der Waals surface area (Å²) in [5, 5.41) is 14.3. The van der Waals surface area contributed by atoms with Crippen LogP contribution >= 0.6 is 15.9 Å². The quantitative estimate of drug-likeness (QED) is 0.379. The molecule has 1 N–H and O–H groups in total. The summed E-state index contributed by atoms with van der Waals surface area (Å²) in [5.74, 6) is 1.92. The average Bonchev–Trinajstić information content (AvgIpc) is 3.25. The maximum atomic E-state index is 11.6. The number of piperidine rings is 1. The summed E-state index contributed by atoms with van der Waals surface area (Å²) in [6.45, 7) is 10.8. The van der Waals surface area contributed by atoms with Crippen LogP contribution < -0.4 is 4.74 Å². The highest BCUT2D eigenvalue weighted by Gasteiger charge is 2.51. The summed E-state index contributed by atoms with van der Waals surface area (Å²) >= 11 is 3.62. The topological polar surface area (TPSA) is 83.7 Å². The number of rotatable bonds is 7. The molecule has 202 valence electrons. The minimum atomic E-state index is -0.781. The first kappa shape index (κ1) is 26.7. The molecule has 0 saturated carbocycles. The number of ether oxygens (including phenoxy) is 1. The summed E-state index contributed by atoms with van der Waals surface area (Å²) in [7, 11) is 0. The van der Waals surface area contributed by atoms with Gasteiger partial charge in [-0.05, 0) is 89.6 Å². The highest BCUT2D eigenvalue weighted by Crippen LogP contribution is 2.44. The summed E-state index contributed by atoms with van der Waals surface area (Å²) in [4.78, 5) is 19.8. The van der Waals surface area contributed by atoms with E-state index in [0.717, 1.165) is 59.6 Å². The number of likely N-dealkylation sites (tertiary alicyclic amines) is 2. The fourth-order valence-corrected chi connectivity index (χ4v) is 6.53. The zero-order valence-corrected chi connectivity index (χ0v) is 23.8. The van der Waals surface area contributed by atoms with E-state index in [1.807, 2.05) is 47.3 Å². The lowest BCUT2D eigenvalue weighted by Gasteiger charge is -2.56. The van der Waals surface area contributed by atoms with Gasteiger partial charge in [0.2, 0.25) is 0 Å². The summed E-state index contributed by atoms with van der Waals surface area (Å²) in [6, 6.07) is 12.0. The van der Waals surface area contributed by atoms with Gasteiger partial charge in [-0.25, -0.2) is 9.48 Å². The number of hydrogen-bond acceptors (Lipinski definition) is 5. The van der Waals surface area contributed by atoms with Gasteiger partial charge in [-0.3, -0.25) is 9.88 Å². The Morgan fingerprint density at radius 3 is 2.42 bits per heavy atom. The van der Waals surface area contributed by atoms with Gasteiger partial charge in [0.15, 0.2) is 0 Å². The van der Waals surface area contributed by atoms with E-state index in [-0.39, 0.29) is 11.5 Å². The number of nitrogens with zero attached hydrogens (tertiary/aromatic N) is 5. The second-order valence-electron chi connectivity index (χ2n) is 11.4. The Morgan fingerprint density at radius 1 is 1.11 bits per heavy atom. The van der Waals surface area contributed by atoms with Crippen LogP contribution in [0.5, 0.6) is 5.75 Å². The van der Waals surface area contributed by atoms with Gasteiger partial charge in [-0.2, -0.15) is 5.10 Å². The minimum Gasteiger partial charge on any atom is -0.492 e. The summed E-state index contributed by atoms with van der Waals surface area (Å²) in [6.07, 6.45) is 6.96. The fourth-order valence-electron chi connectivity index (χ4n) is 6.03. The van der Waals surface area contributed by atoms with E-state index >= 15 is 0 Å². The molecule has 0 spiro atoms. The standard InChI is InChI=1S/C29H36BrN5O3/c1-29(2,3)27-24(18-34(27)28(36)37)20-10-14-33(15-11-20)16-17-38-23-6-4-22(5-7-23)35-19-25(30)26(32-35)21-8-12-31-13-9-21/h4-9,12-13,19-20,24,27H,10-11,14-18H2,1-3H3,(H,36,37). The molecule has 0 radical (unpaired) electrons. The zero-order chi connectivity index (χ0) is 26.9. The maximum Gasteiger partial charge on any atom is 0.407 e. The van der Waals surface area contributed by atoms with Crippen molar-refractivity contribution in [2.45, 2.75) is 39.7 Å². The third-order valence-electron chi connectivity index (χ3n) is 7.92. The van der Waals surface area contributed by atoms with Crippen molar-refractivity contribution in [3.63, 3.8) is 0 Å². The molecule has 5 rings (SSSR count). The van der Waals surface area contributed by atoms with E-state index < -0.39 is 6.09 Å². The van der Waals surface area contributed by atoms with Gasteiger partial charge in [0.25, 0.3) is 0 Å². The Hall–Kier alpha value is -2.91. The lowest BCUT2D eigenvalue weighted by atomic mass is 9.65. The molecule has 2 fully saturated rings. The molecular weight excluding hydrogens is 546 g/mol. The lowest BCUT2D eigenvalue weighted by Crippen LogP contribution is -2.66. The number of carboxylic acid groups (broad SMARTS) is 1. The number of aromatic nitrogens is 3. The Labute approximate surface area is 232 Å². The SMILES string of the molecule is CC(C)(C)C1C(C2CCN(CCOc3ccc(-n4cc(Br)c(-c5ccncc5)n4)cc3)CC2)CN1C(=O)O. The lowest BCUT2D eigenvalue weighted by molar-refractivity contribution is -0.0708. The fraction of sp³-hybridized carbons (Fsp3) is 0.483. The Balaban J connectivity index is 1.09. The molecule has 0 bridgehead atoms. The molecule has 2 saturated heterocycles. The summed E-state index contributed by atoms with van der Waals surface area (Å²) < 4.78 is 8.83. The van der Waals surface area contributed by atoms with Crippen molar-refractivity contribution >= 4 is 22.0 Å². The molecule has 2 aliphatic heterocycles. The van der Waals surface area contributed by atoms with E-state index in [2.05, 4.69) is 46.6 Å². The van der Waals surface area contributed by atoms with Crippen molar-refractivity contribution in [3.8, 4) is 22.7 Å². The third kappa shape index (κ3) is 5.73. The Kier molecular flexibility index (Phi) is 7.77. The molecule has 2 aliphatic rings. The molecule has 1 amide bonds. The number of amides is 1. The third-order valence-corrected chi connectivity index (χ3v) is 8.50. The van der Waals surface area contributed by atoms with Crippen molar-refractivity contribution in [2.75, 3.05) is 32.8 Å². The first-order valence-corrected chi connectivity index (χ1v) is 14.1.